The van der Waals surface area contributed by atoms with Crippen LogP contribution in [0.4, 0.5) is 0 Å². The molecule has 0 bridgehead atoms. The molecule has 2 rings (SSSR count). The van der Waals surface area contributed by atoms with Gasteiger partial charge in [0, 0.05) is 7.11 Å². The van der Waals surface area contributed by atoms with E-state index in [0.717, 1.165) is 13.0 Å². The van der Waals surface area contributed by atoms with Gasteiger partial charge in [-0.3, -0.25) is 0 Å². The average molecular weight is 283 g/mol. The van der Waals surface area contributed by atoms with Crippen molar-refractivity contribution in [3.05, 3.63) is 71.3 Å². The van der Waals surface area contributed by atoms with Gasteiger partial charge in [0.25, 0.3) is 0 Å². The van der Waals surface area contributed by atoms with Gasteiger partial charge in [0.1, 0.15) is 6.10 Å². The molecule has 0 heterocycles. The number of nitrogens with one attached hydrogen (secondary N) is 1. The van der Waals surface area contributed by atoms with Crippen LogP contribution in [0.5, 0.6) is 0 Å². The second-order valence-electron chi connectivity index (χ2n) is 5.36. The quantitative estimate of drug-likeness (QED) is 0.812. The number of aryl methyl sites for hydroxylation is 1. The number of rotatable bonds is 7. The largest absolute Gasteiger partial charge is 0.375 e. The normalized spacial score (nSPS) is 13.9. The number of hydrogen-bond acceptors (Lipinski definition) is 2. The molecule has 0 saturated carbocycles. The van der Waals surface area contributed by atoms with E-state index < -0.39 is 0 Å². The lowest BCUT2D eigenvalue weighted by Crippen LogP contribution is -2.29. The van der Waals surface area contributed by atoms with E-state index >= 15 is 0 Å². The zero-order valence-corrected chi connectivity index (χ0v) is 13.2. The van der Waals surface area contributed by atoms with E-state index in [1.54, 1.807) is 7.11 Å². The van der Waals surface area contributed by atoms with Gasteiger partial charge in [-0.2, -0.15) is 0 Å². The van der Waals surface area contributed by atoms with Crippen LogP contribution in [0.2, 0.25) is 0 Å². The van der Waals surface area contributed by atoms with Crippen LogP contribution in [0.1, 0.15) is 42.2 Å². The van der Waals surface area contributed by atoms with Gasteiger partial charge in [0.15, 0.2) is 0 Å². The molecule has 0 amide bonds. The first-order chi connectivity index (χ1) is 10.3. The molecule has 0 radical (unpaired) electrons. The maximum absolute atomic E-state index is 5.84. The van der Waals surface area contributed by atoms with Gasteiger partial charge in [0.2, 0.25) is 0 Å². The molecule has 0 aromatic heterocycles. The van der Waals surface area contributed by atoms with E-state index in [-0.39, 0.29) is 12.1 Å². The summed E-state index contributed by atoms with van der Waals surface area (Å²) >= 11 is 0. The van der Waals surface area contributed by atoms with E-state index in [0.29, 0.717) is 0 Å². The Morgan fingerprint density at radius 2 is 1.67 bits per heavy atom. The molecule has 2 nitrogen and oxygen atoms in total. The Bertz CT molecular complexity index is 538. The predicted molar refractivity (Wildman–Crippen MR) is 88.4 cm³/mol. The van der Waals surface area contributed by atoms with Crippen LogP contribution in [0.3, 0.4) is 0 Å². The fourth-order valence-electron chi connectivity index (χ4n) is 2.72. The standard InChI is InChI=1S/C19H25NO/c1-4-14-20-18(17-13-9-8-10-15(17)2)19(21-3)16-11-6-5-7-12-16/h5-13,18-20H,4,14H2,1-3H3. The molecule has 0 aliphatic carbocycles. The summed E-state index contributed by atoms with van der Waals surface area (Å²) < 4.78 is 5.84. The second-order valence-corrected chi connectivity index (χ2v) is 5.36. The van der Waals surface area contributed by atoms with Crippen molar-refractivity contribution < 1.29 is 4.74 Å². The van der Waals surface area contributed by atoms with Crippen LogP contribution in [0.15, 0.2) is 54.6 Å². The van der Waals surface area contributed by atoms with Gasteiger partial charge in [-0.15, -0.1) is 0 Å². The van der Waals surface area contributed by atoms with Gasteiger partial charge in [0.05, 0.1) is 6.04 Å². The molecular weight excluding hydrogens is 258 g/mol. The first-order valence-electron chi connectivity index (χ1n) is 7.64. The maximum atomic E-state index is 5.84. The molecule has 21 heavy (non-hydrogen) atoms. The lowest BCUT2D eigenvalue weighted by Gasteiger charge is -2.29. The van der Waals surface area contributed by atoms with Crippen LogP contribution in [-0.4, -0.2) is 13.7 Å². The van der Waals surface area contributed by atoms with E-state index in [1.807, 2.05) is 6.07 Å². The second kappa shape index (κ2) is 7.96. The molecule has 0 spiro atoms. The molecule has 2 aromatic carbocycles. The minimum absolute atomic E-state index is 0.0128. The van der Waals surface area contributed by atoms with Gasteiger partial charge >= 0.3 is 0 Å². The Labute approximate surface area is 128 Å². The fourth-order valence-corrected chi connectivity index (χ4v) is 2.72. The zero-order valence-electron chi connectivity index (χ0n) is 13.2. The third kappa shape index (κ3) is 3.93. The fraction of sp³-hybridized carbons (Fsp3) is 0.368. The lowest BCUT2D eigenvalue weighted by atomic mass is 9.92. The Morgan fingerprint density at radius 3 is 2.29 bits per heavy atom. The molecule has 112 valence electrons. The lowest BCUT2D eigenvalue weighted by molar-refractivity contribution is 0.0674. The maximum Gasteiger partial charge on any atom is 0.102 e. The molecule has 0 aliphatic heterocycles. The van der Waals surface area contributed by atoms with Crippen molar-refractivity contribution in [1.29, 1.82) is 0 Å². The average Bonchev–Trinajstić information content (AvgIpc) is 2.53. The first-order valence-corrected chi connectivity index (χ1v) is 7.64. The summed E-state index contributed by atoms with van der Waals surface area (Å²) in [5.41, 5.74) is 3.81. The summed E-state index contributed by atoms with van der Waals surface area (Å²) in [5, 5.41) is 3.65. The number of benzene rings is 2. The first kappa shape index (κ1) is 15.7. The monoisotopic (exact) mass is 283 g/mol. The number of hydrogen-bond donors (Lipinski definition) is 1. The van der Waals surface area contributed by atoms with E-state index in [4.69, 9.17) is 4.74 Å². The third-order valence-electron chi connectivity index (χ3n) is 3.82. The van der Waals surface area contributed by atoms with Crippen molar-refractivity contribution in [2.24, 2.45) is 0 Å². The minimum Gasteiger partial charge on any atom is -0.375 e. The van der Waals surface area contributed by atoms with Crippen molar-refractivity contribution in [3.63, 3.8) is 0 Å². The zero-order chi connectivity index (χ0) is 15.1. The highest BCUT2D eigenvalue weighted by atomic mass is 16.5. The SMILES string of the molecule is CCCNC(c1ccccc1C)C(OC)c1ccccc1. The topological polar surface area (TPSA) is 21.3 Å². The Morgan fingerprint density at radius 1 is 1.00 bits per heavy atom. The van der Waals surface area contributed by atoms with Crippen LogP contribution in [0.25, 0.3) is 0 Å². The number of ether oxygens (including phenoxy) is 1. The summed E-state index contributed by atoms with van der Waals surface area (Å²) in [6.45, 7) is 5.33. The minimum atomic E-state index is 0.0128. The highest BCUT2D eigenvalue weighted by Crippen LogP contribution is 2.33. The predicted octanol–water partition coefficient (Wildman–Crippen LogP) is 4.42. The molecular formula is C19H25NO. The third-order valence-corrected chi connectivity index (χ3v) is 3.82. The van der Waals surface area contributed by atoms with Gasteiger partial charge in [-0.25, -0.2) is 0 Å². The summed E-state index contributed by atoms with van der Waals surface area (Å²) in [5.74, 6) is 0. The molecule has 0 fully saturated rings. The highest BCUT2D eigenvalue weighted by molar-refractivity contribution is 5.32. The molecule has 2 unspecified atom stereocenters. The number of methoxy groups -OCH3 is 1. The summed E-state index contributed by atoms with van der Waals surface area (Å²) in [6, 6.07) is 19.1. The van der Waals surface area contributed by atoms with Crippen LogP contribution < -0.4 is 5.32 Å². The van der Waals surface area contributed by atoms with E-state index in [9.17, 15) is 0 Å². The van der Waals surface area contributed by atoms with Crippen molar-refractivity contribution in [3.8, 4) is 0 Å². The van der Waals surface area contributed by atoms with Gasteiger partial charge in [-0.05, 0) is 36.6 Å². The molecule has 0 aliphatic rings. The van der Waals surface area contributed by atoms with Crippen molar-refractivity contribution in [1.82, 2.24) is 5.32 Å². The summed E-state index contributed by atoms with van der Waals surface area (Å²) in [6.07, 6.45) is 1.12. The van der Waals surface area contributed by atoms with Crippen LogP contribution in [-0.2, 0) is 4.74 Å². The molecule has 2 aromatic rings. The van der Waals surface area contributed by atoms with Gasteiger partial charge in [-0.1, -0.05) is 61.5 Å². The van der Waals surface area contributed by atoms with Crippen molar-refractivity contribution >= 4 is 0 Å². The van der Waals surface area contributed by atoms with E-state index in [2.05, 4.69) is 67.7 Å². The Kier molecular flexibility index (Phi) is 5.97. The Hall–Kier alpha value is -1.64. The molecule has 2 atom stereocenters. The van der Waals surface area contributed by atoms with E-state index in [1.165, 1.54) is 16.7 Å². The summed E-state index contributed by atoms with van der Waals surface area (Å²) in [4.78, 5) is 0. The highest BCUT2D eigenvalue weighted by Gasteiger charge is 2.25. The van der Waals surface area contributed by atoms with Crippen molar-refractivity contribution in [2.45, 2.75) is 32.4 Å². The molecule has 0 saturated heterocycles. The summed E-state index contributed by atoms with van der Waals surface area (Å²) in [7, 11) is 1.79. The smallest absolute Gasteiger partial charge is 0.102 e. The van der Waals surface area contributed by atoms with Crippen LogP contribution >= 0.6 is 0 Å². The van der Waals surface area contributed by atoms with Crippen LogP contribution in [0, 0.1) is 6.92 Å². The molecule has 1 N–H and O–H groups in total. The van der Waals surface area contributed by atoms with Crippen molar-refractivity contribution in [2.75, 3.05) is 13.7 Å². The van der Waals surface area contributed by atoms with Gasteiger partial charge < -0.3 is 10.1 Å². The Balaban J connectivity index is 2.36. The molecule has 2 heteroatoms.